The molecule has 61 heavy (non-hydrogen) atoms. The zero-order valence-corrected chi connectivity index (χ0v) is 32.8. The lowest BCUT2D eigenvalue weighted by atomic mass is 9.94. The van der Waals surface area contributed by atoms with Gasteiger partial charge in [0, 0.05) is 54.8 Å². The van der Waals surface area contributed by atoms with Gasteiger partial charge in [0.2, 0.25) is 0 Å². The largest absolute Gasteiger partial charge is 0.454 e. The first-order valence-electron chi connectivity index (χ1n) is 20.7. The summed E-state index contributed by atoms with van der Waals surface area (Å²) in [6.45, 7) is 0. The van der Waals surface area contributed by atoms with Gasteiger partial charge in [-0.05, 0) is 65.7 Å². The Morgan fingerprint density at radius 2 is 0.902 bits per heavy atom. The molecular weight excluding hydrogens is 745 g/mol. The molecule has 0 amide bonds. The summed E-state index contributed by atoms with van der Waals surface area (Å²) in [5, 5.41) is 6.87. The number of furan rings is 1. The number of hydrogen-bond acceptors (Lipinski definition) is 3. The second-order valence-corrected chi connectivity index (χ2v) is 15.7. The topological polar surface area (TPSA) is 48.8 Å². The Morgan fingerprint density at radius 1 is 0.361 bits per heavy atom. The number of aromatic nitrogens is 4. The van der Waals surface area contributed by atoms with Gasteiger partial charge in [0.1, 0.15) is 5.58 Å². The molecule has 0 aliphatic carbocycles. The molecule has 284 valence electrons. The Balaban J connectivity index is 1.21. The molecule has 13 aromatic rings. The fourth-order valence-electron chi connectivity index (χ4n) is 9.72. The summed E-state index contributed by atoms with van der Waals surface area (Å²) >= 11 is 0. The van der Waals surface area contributed by atoms with Gasteiger partial charge < -0.3 is 13.6 Å². The van der Waals surface area contributed by atoms with E-state index in [9.17, 15) is 0 Å². The second-order valence-electron chi connectivity index (χ2n) is 15.7. The highest BCUT2D eigenvalue weighted by Gasteiger charge is 2.28. The maximum absolute atomic E-state index is 7.01. The average Bonchev–Trinajstić information content (AvgIpc) is 4.00. The second kappa shape index (κ2) is 13.1. The molecule has 0 N–H and O–H groups in total. The van der Waals surface area contributed by atoms with Crippen molar-refractivity contribution in [1.29, 1.82) is 0 Å². The summed E-state index contributed by atoms with van der Waals surface area (Å²) in [7, 11) is 0. The quantitative estimate of drug-likeness (QED) is 0.175. The Hall–Kier alpha value is -8.28. The Labute approximate surface area is 350 Å². The number of para-hydroxylation sites is 6. The van der Waals surface area contributed by atoms with E-state index >= 15 is 0 Å². The third-order valence-electron chi connectivity index (χ3n) is 12.3. The first-order valence-corrected chi connectivity index (χ1v) is 20.7. The van der Waals surface area contributed by atoms with E-state index in [4.69, 9.17) is 14.4 Å². The molecule has 4 aromatic heterocycles. The van der Waals surface area contributed by atoms with Crippen molar-refractivity contribution in [3.05, 3.63) is 206 Å². The Morgan fingerprint density at radius 3 is 1.61 bits per heavy atom. The summed E-state index contributed by atoms with van der Waals surface area (Å²) in [5.41, 5.74) is 16.0. The molecule has 0 unspecified atom stereocenters. The molecule has 0 aliphatic rings. The molecule has 0 radical (unpaired) electrons. The van der Waals surface area contributed by atoms with Crippen LogP contribution in [0.15, 0.2) is 211 Å². The molecule has 0 bridgehead atoms. The molecule has 0 spiro atoms. The lowest BCUT2D eigenvalue weighted by Gasteiger charge is -2.17. The molecule has 0 aliphatic heterocycles. The molecule has 0 atom stereocenters. The highest BCUT2D eigenvalue weighted by molar-refractivity contribution is 6.39. The first-order chi connectivity index (χ1) is 30.3. The van der Waals surface area contributed by atoms with Gasteiger partial charge in [0.05, 0.1) is 44.5 Å². The lowest BCUT2D eigenvalue weighted by Crippen LogP contribution is -2.00. The van der Waals surface area contributed by atoms with E-state index in [1.54, 1.807) is 0 Å². The zero-order valence-electron chi connectivity index (χ0n) is 32.8. The molecule has 0 saturated heterocycles. The van der Waals surface area contributed by atoms with E-state index < -0.39 is 0 Å². The third kappa shape index (κ3) is 4.95. The van der Waals surface area contributed by atoms with Crippen LogP contribution in [0.5, 0.6) is 0 Å². The van der Waals surface area contributed by atoms with Crippen LogP contribution in [0.4, 0.5) is 0 Å². The van der Waals surface area contributed by atoms with Crippen LogP contribution >= 0.6 is 0 Å². The lowest BCUT2D eigenvalue weighted by molar-refractivity contribution is 0.671. The zero-order chi connectivity index (χ0) is 40.0. The van der Waals surface area contributed by atoms with Crippen LogP contribution in [0.1, 0.15) is 0 Å². The minimum absolute atomic E-state index is 0.845. The fourth-order valence-corrected chi connectivity index (χ4v) is 9.72. The molecule has 5 nitrogen and oxygen atoms in total. The molecule has 5 heteroatoms. The van der Waals surface area contributed by atoms with Crippen molar-refractivity contribution in [2.24, 2.45) is 0 Å². The van der Waals surface area contributed by atoms with Gasteiger partial charge >= 0.3 is 0 Å². The van der Waals surface area contributed by atoms with E-state index in [1.807, 2.05) is 30.3 Å². The van der Waals surface area contributed by atoms with Crippen LogP contribution in [-0.4, -0.2) is 19.1 Å². The van der Waals surface area contributed by atoms with E-state index in [0.717, 1.165) is 111 Å². The molecule has 0 fully saturated rings. The monoisotopic (exact) mass is 778 g/mol. The van der Waals surface area contributed by atoms with Gasteiger partial charge in [-0.2, -0.15) is 0 Å². The van der Waals surface area contributed by atoms with Gasteiger partial charge in [-0.1, -0.05) is 152 Å². The number of rotatable bonds is 5. The Kier molecular flexibility index (Phi) is 7.24. The standard InChI is InChI=1S/C56H34N4O/c1-4-18-35(19-5-1)43-34-38(32-33-39(43)53-52(36-20-6-2-7-21-36)57-44-27-13-14-28-45(44)58-53)60-46-29-15-10-24-40(46)49-50-42-26-12-17-31-48(42)61-56(50)55-51(54(49)60)41-25-11-16-30-47(41)59(55)37-22-8-3-9-23-37/h1-34H. The summed E-state index contributed by atoms with van der Waals surface area (Å²) in [4.78, 5) is 10.7. The van der Waals surface area contributed by atoms with Gasteiger partial charge in [-0.25, -0.2) is 9.97 Å². The molecule has 0 saturated carbocycles. The van der Waals surface area contributed by atoms with Crippen LogP contribution in [0.2, 0.25) is 0 Å². The predicted octanol–water partition coefficient (Wildman–Crippen LogP) is 14.7. The fraction of sp³-hybridized carbons (Fsp3) is 0. The number of fused-ring (bicyclic) bond motifs is 13. The van der Waals surface area contributed by atoms with Crippen molar-refractivity contribution >= 4 is 76.6 Å². The number of hydrogen-bond donors (Lipinski definition) is 0. The SMILES string of the molecule is c1ccc(-c2cc(-n3c4ccccc4c4c5c6ccccc6oc5c5c(c6ccccc6n5-c5ccccc5)c43)ccc2-c2nc3ccccc3nc2-c2ccccc2)cc1. The Bertz CT molecular complexity index is 3860. The average molecular weight is 779 g/mol. The smallest absolute Gasteiger partial charge is 0.160 e. The normalized spacial score (nSPS) is 11.9. The third-order valence-corrected chi connectivity index (χ3v) is 12.3. The van der Waals surface area contributed by atoms with Crippen molar-refractivity contribution in [3.63, 3.8) is 0 Å². The molecular formula is C56H34N4O. The molecule has 9 aromatic carbocycles. The predicted molar refractivity (Wildman–Crippen MR) is 252 cm³/mol. The summed E-state index contributed by atoms with van der Waals surface area (Å²) < 4.78 is 11.9. The van der Waals surface area contributed by atoms with Crippen LogP contribution in [0, 0.1) is 0 Å². The minimum Gasteiger partial charge on any atom is -0.454 e. The van der Waals surface area contributed by atoms with E-state index in [-0.39, 0.29) is 0 Å². The maximum Gasteiger partial charge on any atom is 0.160 e. The van der Waals surface area contributed by atoms with Crippen LogP contribution in [0.3, 0.4) is 0 Å². The van der Waals surface area contributed by atoms with Gasteiger partial charge in [0.15, 0.2) is 5.58 Å². The molecule has 4 heterocycles. The maximum atomic E-state index is 7.01. The highest BCUT2D eigenvalue weighted by atomic mass is 16.3. The van der Waals surface area contributed by atoms with E-state index in [0.29, 0.717) is 0 Å². The van der Waals surface area contributed by atoms with Gasteiger partial charge in [-0.15, -0.1) is 0 Å². The van der Waals surface area contributed by atoms with E-state index in [2.05, 4.69) is 185 Å². The van der Waals surface area contributed by atoms with Crippen molar-refractivity contribution in [3.8, 4) is 45.0 Å². The van der Waals surface area contributed by atoms with Gasteiger partial charge in [0.25, 0.3) is 0 Å². The summed E-state index contributed by atoms with van der Waals surface area (Å²) in [5.74, 6) is 0. The molecule has 13 rings (SSSR count). The van der Waals surface area contributed by atoms with Crippen LogP contribution in [-0.2, 0) is 0 Å². The van der Waals surface area contributed by atoms with Gasteiger partial charge in [-0.3, -0.25) is 0 Å². The summed E-state index contributed by atoms with van der Waals surface area (Å²) in [6.07, 6.45) is 0. The number of benzene rings is 9. The van der Waals surface area contributed by atoms with Crippen molar-refractivity contribution in [2.75, 3.05) is 0 Å². The van der Waals surface area contributed by atoms with Crippen LogP contribution in [0.25, 0.3) is 122 Å². The number of nitrogens with zero attached hydrogens (tertiary/aromatic N) is 4. The van der Waals surface area contributed by atoms with Crippen molar-refractivity contribution in [1.82, 2.24) is 19.1 Å². The minimum atomic E-state index is 0.845. The van der Waals surface area contributed by atoms with Crippen molar-refractivity contribution < 1.29 is 4.42 Å². The highest BCUT2D eigenvalue weighted by Crippen LogP contribution is 2.50. The van der Waals surface area contributed by atoms with Crippen LogP contribution < -0.4 is 0 Å². The summed E-state index contributed by atoms with van der Waals surface area (Å²) in [6, 6.07) is 72.8. The van der Waals surface area contributed by atoms with E-state index in [1.165, 1.54) is 10.8 Å². The first kappa shape index (κ1) is 33.7. The van der Waals surface area contributed by atoms with Crippen molar-refractivity contribution in [2.45, 2.75) is 0 Å².